The van der Waals surface area contributed by atoms with E-state index in [1.54, 1.807) is 17.0 Å². The minimum atomic E-state index is -1.13. The molecule has 0 fully saturated rings. The van der Waals surface area contributed by atoms with E-state index in [0.29, 0.717) is 11.7 Å². The van der Waals surface area contributed by atoms with Gasteiger partial charge >= 0.3 is 0 Å². The Balaban J connectivity index is 1.64. The van der Waals surface area contributed by atoms with Crippen LogP contribution in [-0.2, 0) is 17.5 Å². The van der Waals surface area contributed by atoms with Crippen LogP contribution in [0.2, 0.25) is 0 Å². The number of fused-ring (bicyclic) bond motifs is 1. The maximum Gasteiger partial charge on any atom is 0.241 e. The zero-order valence-corrected chi connectivity index (χ0v) is 14.1. The van der Waals surface area contributed by atoms with Crippen LogP contribution in [0.25, 0.3) is 28.3 Å². The van der Waals surface area contributed by atoms with Gasteiger partial charge in [-0.3, -0.25) is 0 Å². The van der Waals surface area contributed by atoms with Crippen molar-refractivity contribution in [3.63, 3.8) is 0 Å². The number of nitrogens with one attached hydrogen (secondary N) is 1. The number of hydrogen-bond donors (Lipinski definition) is 1. The molecule has 3 heterocycles. The highest BCUT2D eigenvalue weighted by Crippen LogP contribution is 2.24. The summed E-state index contributed by atoms with van der Waals surface area (Å²) in [6.07, 6.45) is 5.13. The minimum absolute atomic E-state index is 0.258. The highest BCUT2D eigenvalue weighted by atomic mass is 32.2. The molecule has 3 aromatic heterocycles. The Morgan fingerprint density at radius 2 is 2.08 bits per heavy atom. The summed E-state index contributed by atoms with van der Waals surface area (Å²) in [4.78, 5) is 8.88. The Kier molecular flexibility index (Phi) is 4.08. The molecule has 1 atom stereocenters. The van der Waals surface area contributed by atoms with Crippen LogP contribution in [0.3, 0.4) is 0 Å². The molecular weight excluding hydrogens is 340 g/mol. The molecule has 0 saturated carbocycles. The number of aromatic nitrogens is 5. The van der Waals surface area contributed by atoms with Gasteiger partial charge in [-0.1, -0.05) is 23.4 Å². The zero-order chi connectivity index (χ0) is 17.2. The van der Waals surface area contributed by atoms with Gasteiger partial charge in [0.05, 0.1) is 29.4 Å². The number of benzene rings is 1. The van der Waals surface area contributed by atoms with Gasteiger partial charge in [0.25, 0.3) is 0 Å². The molecule has 0 saturated heterocycles. The summed E-state index contributed by atoms with van der Waals surface area (Å²) in [5, 5.41) is 8.21. The number of imidazole rings is 1. The maximum atomic E-state index is 11.1. The van der Waals surface area contributed by atoms with E-state index in [0.717, 1.165) is 22.5 Å². The lowest BCUT2D eigenvalue weighted by atomic mass is 10.1. The second-order valence-electron chi connectivity index (χ2n) is 5.32. The molecule has 0 amide bonds. The van der Waals surface area contributed by atoms with Crippen molar-refractivity contribution < 1.29 is 8.73 Å². The van der Waals surface area contributed by atoms with Gasteiger partial charge < -0.3 is 4.52 Å². The van der Waals surface area contributed by atoms with Gasteiger partial charge in [-0.2, -0.15) is 10.1 Å². The average Bonchev–Trinajstić information content (AvgIpc) is 3.27. The molecule has 0 aliphatic carbocycles. The van der Waals surface area contributed by atoms with Gasteiger partial charge in [0.1, 0.15) is 0 Å². The molecule has 0 bridgehead atoms. The second-order valence-corrected chi connectivity index (χ2v) is 6.52. The minimum Gasteiger partial charge on any atom is -0.338 e. The molecule has 25 heavy (non-hydrogen) atoms. The topological polar surface area (TPSA) is 98.2 Å². The predicted molar refractivity (Wildman–Crippen MR) is 92.6 cm³/mol. The predicted octanol–water partition coefficient (Wildman–Crippen LogP) is 1.83. The summed E-state index contributed by atoms with van der Waals surface area (Å²) in [5.41, 5.74) is 3.34. The van der Waals surface area contributed by atoms with Crippen LogP contribution in [0, 0.1) is 0 Å². The van der Waals surface area contributed by atoms with Crippen molar-refractivity contribution in [2.24, 2.45) is 0 Å². The summed E-state index contributed by atoms with van der Waals surface area (Å²) < 4.78 is 20.7. The van der Waals surface area contributed by atoms with E-state index in [2.05, 4.69) is 24.9 Å². The molecule has 0 aliphatic heterocycles. The van der Waals surface area contributed by atoms with Gasteiger partial charge in [0.2, 0.25) is 11.7 Å². The second kappa shape index (κ2) is 6.54. The summed E-state index contributed by atoms with van der Waals surface area (Å²) in [5.74, 6) is 0.856. The van der Waals surface area contributed by atoms with Crippen molar-refractivity contribution >= 4 is 16.6 Å². The summed E-state index contributed by atoms with van der Waals surface area (Å²) >= 11 is 0. The molecule has 8 nitrogen and oxygen atoms in total. The van der Waals surface area contributed by atoms with E-state index < -0.39 is 11.0 Å². The molecule has 1 aromatic carbocycles. The lowest BCUT2D eigenvalue weighted by molar-refractivity contribution is 0.377. The van der Waals surface area contributed by atoms with E-state index in [1.165, 1.54) is 0 Å². The van der Waals surface area contributed by atoms with Crippen molar-refractivity contribution in [2.75, 3.05) is 6.26 Å². The molecule has 4 aromatic rings. The maximum absolute atomic E-state index is 11.1. The Morgan fingerprint density at radius 1 is 1.20 bits per heavy atom. The van der Waals surface area contributed by atoms with E-state index in [1.807, 2.05) is 42.6 Å². The van der Waals surface area contributed by atoms with Crippen molar-refractivity contribution in [3.8, 4) is 22.6 Å². The summed E-state index contributed by atoms with van der Waals surface area (Å²) in [6, 6.07) is 11.5. The van der Waals surface area contributed by atoms with Crippen molar-refractivity contribution in [3.05, 3.63) is 54.7 Å². The smallest absolute Gasteiger partial charge is 0.241 e. The Labute approximate surface area is 145 Å². The number of rotatable bonds is 5. The summed E-state index contributed by atoms with van der Waals surface area (Å²) in [6.45, 7) is 0.258. The molecule has 4 rings (SSSR count). The third kappa shape index (κ3) is 3.32. The number of hydrogen-bond acceptors (Lipinski definition) is 6. The average molecular weight is 354 g/mol. The molecule has 126 valence electrons. The highest BCUT2D eigenvalue weighted by Gasteiger charge is 2.11. The Hall–Kier alpha value is -2.91. The quantitative estimate of drug-likeness (QED) is 0.587. The molecule has 1 unspecified atom stereocenters. The third-order valence-electron chi connectivity index (χ3n) is 3.55. The van der Waals surface area contributed by atoms with Gasteiger partial charge in [0.15, 0.2) is 5.65 Å². The Bertz CT molecular complexity index is 1020. The van der Waals surface area contributed by atoms with E-state index >= 15 is 0 Å². The van der Waals surface area contributed by atoms with Crippen LogP contribution >= 0.6 is 0 Å². The molecular formula is C16H14N6O2S. The van der Waals surface area contributed by atoms with E-state index in [9.17, 15) is 4.21 Å². The largest absolute Gasteiger partial charge is 0.338 e. The number of nitrogens with zero attached hydrogens (tertiary/aromatic N) is 5. The van der Waals surface area contributed by atoms with Gasteiger partial charge in [-0.15, -0.1) is 0 Å². The van der Waals surface area contributed by atoms with Crippen LogP contribution in [0.5, 0.6) is 0 Å². The fraction of sp³-hybridized carbons (Fsp3) is 0.125. The van der Waals surface area contributed by atoms with Crippen LogP contribution in [0.1, 0.15) is 5.89 Å². The van der Waals surface area contributed by atoms with Crippen molar-refractivity contribution in [2.45, 2.75) is 6.54 Å². The monoisotopic (exact) mass is 354 g/mol. The van der Waals surface area contributed by atoms with Gasteiger partial charge in [0, 0.05) is 23.6 Å². The van der Waals surface area contributed by atoms with Crippen molar-refractivity contribution in [1.82, 2.24) is 29.5 Å². The first-order chi connectivity index (χ1) is 12.2. The third-order valence-corrected chi connectivity index (χ3v) is 4.10. The zero-order valence-electron chi connectivity index (χ0n) is 13.3. The molecule has 0 aliphatic rings. The fourth-order valence-corrected chi connectivity index (χ4v) is 2.72. The first kappa shape index (κ1) is 15.6. The molecule has 0 radical (unpaired) electrons. The van der Waals surface area contributed by atoms with Gasteiger partial charge in [-0.05, 0) is 18.2 Å². The van der Waals surface area contributed by atoms with Gasteiger partial charge in [-0.25, -0.2) is 18.4 Å². The van der Waals surface area contributed by atoms with E-state index in [-0.39, 0.29) is 6.54 Å². The van der Waals surface area contributed by atoms with Crippen molar-refractivity contribution in [1.29, 1.82) is 0 Å². The molecule has 9 heteroatoms. The first-order valence-electron chi connectivity index (χ1n) is 7.50. The first-order valence-corrected chi connectivity index (χ1v) is 9.05. The van der Waals surface area contributed by atoms with Crippen LogP contribution < -0.4 is 4.72 Å². The fourth-order valence-electron chi connectivity index (χ4n) is 2.39. The SMILES string of the molecule is CS(=O)NCc1nc(-c2cccc(-c3cn4ncccc4n3)c2)no1. The van der Waals surface area contributed by atoms with Crippen LogP contribution in [-0.4, -0.2) is 35.2 Å². The lowest BCUT2D eigenvalue weighted by Crippen LogP contribution is -2.14. The highest BCUT2D eigenvalue weighted by molar-refractivity contribution is 7.82. The summed E-state index contributed by atoms with van der Waals surface area (Å²) in [7, 11) is -1.13. The normalized spacial score (nSPS) is 12.5. The van der Waals surface area contributed by atoms with Crippen LogP contribution in [0.15, 0.2) is 53.3 Å². The standard InChI is InChI=1S/C16H14N6O2S/c1-25(23)18-9-15-20-16(21-24-15)12-5-2-4-11(8-12)13-10-22-14(19-13)6-3-7-17-22/h2-8,10,18H,9H2,1H3. The lowest BCUT2D eigenvalue weighted by Gasteiger charge is -1.99. The van der Waals surface area contributed by atoms with E-state index in [4.69, 9.17) is 4.52 Å². The molecule has 0 spiro atoms. The van der Waals surface area contributed by atoms with Crippen LogP contribution in [0.4, 0.5) is 0 Å². The molecule has 1 N–H and O–H groups in total. The Morgan fingerprint density at radius 3 is 2.92 bits per heavy atom.